The molecule has 0 aliphatic carbocycles. The molecule has 0 saturated carbocycles. The summed E-state index contributed by atoms with van der Waals surface area (Å²) < 4.78 is 44.8. The summed E-state index contributed by atoms with van der Waals surface area (Å²) in [6.07, 6.45) is 14.4. The van der Waals surface area contributed by atoms with Gasteiger partial charge in [-0.25, -0.2) is 0 Å². The lowest BCUT2D eigenvalue weighted by molar-refractivity contribution is -0.157. The molecule has 0 amide bonds. The Morgan fingerprint density at radius 1 is 0.982 bits per heavy atom. The fourth-order valence-electron chi connectivity index (χ4n) is 8.42. The molecule has 2 aliphatic rings. The molecule has 0 N–H and O–H groups in total. The molecule has 0 aromatic heterocycles. The van der Waals surface area contributed by atoms with Gasteiger partial charge in [-0.15, -0.1) is 0 Å². The lowest BCUT2D eigenvalue weighted by atomic mass is 9.91. The van der Waals surface area contributed by atoms with Crippen LogP contribution in [-0.4, -0.2) is 73.3 Å². The van der Waals surface area contributed by atoms with Gasteiger partial charge in [0.25, 0.3) is 0 Å². The van der Waals surface area contributed by atoms with Gasteiger partial charge in [0, 0.05) is 6.61 Å². The Hall–Kier alpha value is -1.57. The smallest absolute Gasteiger partial charge is 0.201 e. The molecule has 1 aromatic carbocycles. The zero-order valence-corrected chi connectivity index (χ0v) is 40.2. The van der Waals surface area contributed by atoms with Crippen LogP contribution in [0, 0.1) is 5.92 Å². The second kappa shape index (κ2) is 21.6. The van der Waals surface area contributed by atoms with Crippen LogP contribution in [0.3, 0.4) is 0 Å². The Kier molecular flexibility index (Phi) is 18.8. The van der Waals surface area contributed by atoms with Crippen molar-refractivity contribution in [2.24, 2.45) is 5.92 Å². The Morgan fingerprint density at radius 2 is 1.62 bits per heavy atom. The van der Waals surface area contributed by atoms with Crippen molar-refractivity contribution in [1.29, 1.82) is 0 Å². The van der Waals surface area contributed by atoms with E-state index >= 15 is 0 Å². The average molecular weight is 815 g/mol. The van der Waals surface area contributed by atoms with Gasteiger partial charge in [0.15, 0.2) is 14.1 Å². The van der Waals surface area contributed by atoms with Gasteiger partial charge in [-0.2, -0.15) is 0 Å². The summed E-state index contributed by atoms with van der Waals surface area (Å²) in [5.74, 6) is 0.653. The van der Waals surface area contributed by atoms with E-state index in [0.29, 0.717) is 42.2 Å². The number of rotatable bonds is 23. The maximum absolute atomic E-state index is 7.45. The van der Waals surface area contributed by atoms with Crippen LogP contribution in [0.4, 0.5) is 0 Å². The van der Waals surface area contributed by atoms with E-state index in [1.54, 1.807) is 7.11 Å². The number of hydrogen-bond acceptors (Lipinski definition) is 7. The first-order chi connectivity index (χ1) is 26.1. The zero-order valence-electron chi connectivity index (χ0n) is 38.2. The van der Waals surface area contributed by atoms with Crippen molar-refractivity contribution in [3.05, 3.63) is 66.3 Å². The van der Waals surface area contributed by atoms with Gasteiger partial charge in [0.1, 0.15) is 11.9 Å². The Labute approximate surface area is 345 Å². The highest BCUT2D eigenvalue weighted by Crippen LogP contribution is 2.44. The molecule has 0 bridgehead atoms. The van der Waals surface area contributed by atoms with E-state index in [4.69, 9.17) is 32.5 Å². The van der Waals surface area contributed by atoms with Crippen LogP contribution in [0.1, 0.15) is 127 Å². The molecule has 3 rings (SSSR count). The van der Waals surface area contributed by atoms with Crippen LogP contribution < -0.4 is 4.74 Å². The molecule has 6 atom stereocenters. The fourth-order valence-corrected chi connectivity index (χ4v) is 15.0. The van der Waals surface area contributed by atoms with Gasteiger partial charge in [-0.1, -0.05) is 118 Å². The highest BCUT2D eigenvalue weighted by molar-refractivity contribution is 6.77. The second-order valence-electron chi connectivity index (χ2n) is 19.6. The summed E-state index contributed by atoms with van der Waals surface area (Å²) >= 11 is 0. The average Bonchev–Trinajstić information content (AvgIpc) is 3.46. The second-order valence-corrected chi connectivity index (χ2v) is 29.8. The van der Waals surface area contributed by atoms with E-state index in [1.807, 2.05) is 38.1 Å². The fraction of sp³-hybridized carbons (Fsp3) is 0.745. The summed E-state index contributed by atoms with van der Waals surface area (Å²) in [6, 6.07) is 8.04. The standard InChI is InChI=1S/C47H82O7Si2/c1-34(2)56(35(3)4,36(5)6)54-43(21-18-22-44(45-33-50-47(12,13)53-45)49-32-39-23-25-40(48-14)26-24-39)31-38(8)29-37(7)30-42-20-17-19-41(52-42)27-28-51-55(15,16)46(9,10)11/h17-19,21,23-26,34-37,41-45H,8,20,22,27-33H2,1-7,9-16H3/b21-18+. The van der Waals surface area contributed by atoms with Crippen molar-refractivity contribution in [2.45, 2.75) is 199 Å². The van der Waals surface area contributed by atoms with Crippen molar-refractivity contribution < 1.29 is 32.5 Å². The molecule has 1 saturated heterocycles. The zero-order chi connectivity index (χ0) is 41.9. The third-order valence-electron chi connectivity index (χ3n) is 12.4. The number of ether oxygens (including phenoxy) is 5. The maximum Gasteiger partial charge on any atom is 0.201 e. The van der Waals surface area contributed by atoms with Crippen LogP contribution in [-0.2, 0) is 34.4 Å². The first-order valence-corrected chi connectivity index (χ1v) is 26.7. The monoisotopic (exact) mass is 815 g/mol. The molecule has 9 heteroatoms. The largest absolute Gasteiger partial charge is 0.497 e. The molecule has 6 unspecified atom stereocenters. The van der Waals surface area contributed by atoms with E-state index in [9.17, 15) is 0 Å². The molecule has 56 heavy (non-hydrogen) atoms. The predicted octanol–water partition coefficient (Wildman–Crippen LogP) is 12.7. The summed E-state index contributed by atoms with van der Waals surface area (Å²) in [5, 5.41) is 0.213. The van der Waals surface area contributed by atoms with Crippen LogP contribution >= 0.6 is 0 Å². The molecule has 2 heterocycles. The van der Waals surface area contributed by atoms with E-state index in [0.717, 1.165) is 50.0 Å². The molecule has 0 radical (unpaired) electrons. The summed E-state index contributed by atoms with van der Waals surface area (Å²) in [4.78, 5) is 0. The molecule has 0 spiro atoms. The lowest BCUT2D eigenvalue weighted by Crippen LogP contribution is -2.50. The first-order valence-electron chi connectivity index (χ1n) is 21.6. The third kappa shape index (κ3) is 14.6. The van der Waals surface area contributed by atoms with E-state index in [1.165, 1.54) is 5.57 Å². The van der Waals surface area contributed by atoms with Crippen molar-refractivity contribution >= 4 is 16.6 Å². The first kappa shape index (κ1) is 48.8. The molecule has 7 nitrogen and oxygen atoms in total. The topological polar surface area (TPSA) is 64.6 Å². The van der Waals surface area contributed by atoms with E-state index in [2.05, 4.69) is 113 Å². The molecular formula is C47H82O7Si2. The summed E-state index contributed by atoms with van der Waals surface area (Å²) in [6.45, 7) is 38.3. The van der Waals surface area contributed by atoms with Crippen LogP contribution in [0.25, 0.3) is 0 Å². The highest BCUT2D eigenvalue weighted by Gasteiger charge is 2.46. The number of benzene rings is 1. The highest BCUT2D eigenvalue weighted by atomic mass is 28.4. The minimum absolute atomic E-state index is 0.0628. The quantitative estimate of drug-likeness (QED) is 0.0805. The molecule has 320 valence electrons. The molecular weight excluding hydrogens is 733 g/mol. The van der Waals surface area contributed by atoms with Crippen molar-refractivity contribution in [2.75, 3.05) is 20.3 Å². The van der Waals surface area contributed by atoms with Gasteiger partial charge in [-0.3, -0.25) is 0 Å². The third-order valence-corrected chi connectivity index (χ3v) is 23.1. The van der Waals surface area contributed by atoms with Gasteiger partial charge in [0.05, 0.1) is 44.7 Å². The van der Waals surface area contributed by atoms with Crippen LogP contribution in [0.5, 0.6) is 5.75 Å². The van der Waals surface area contributed by atoms with E-state index in [-0.39, 0.29) is 35.6 Å². The molecule has 1 fully saturated rings. The van der Waals surface area contributed by atoms with Crippen LogP contribution in [0.15, 0.2) is 60.7 Å². The van der Waals surface area contributed by atoms with Gasteiger partial charge >= 0.3 is 0 Å². The van der Waals surface area contributed by atoms with Crippen molar-refractivity contribution in [1.82, 2.24) is 0 Å². The van der Waals surface area contributed by atoms with Gasteiger partial charge in [-0.05, 0) is 111 Å². The lowest BCUT2D eigenvalue weighted by Gasteiger charge is -2.44. The van der Waals surface area contributed by atoms with Crippen molar-refractivity contribution in [3.63, 3.8) is 0 Å². The maximum atomic E-state index is 7.45. The van der Waals surface area contributed by atoms with Gasteiger partial charge in [0.2, 0.25) is 8.32 Å². The molecule has 1 aromatic rings. The predicted molar refractivity (Wildman–Crippen MR) is 238 cm³/mol. The number of methoxy groups -OCH3 is 1. The minimum Gasteiger partial charge on any atom is -0.497 e. The van der Waals surface area contributed by atoms with E-state index < -0.39 is 22.4 Å². The Balaban J connectivity index is 1.70. The SMILES string of the molecule is C=C(CC(C)CC1CC=CC(CCO[Si](C)(C)C(C)(C)C)O1)CC(/C=C/CC(OCc1ccc(OC)cc1)C1COC(C)(C)O1)O[Si](C(C)C)(C(C)C)C(C)C. The number of hydrogen-bond donors (Lipinski definition) is 0. The van der Waals surface area contributed by atoms with Gasteiger partial charge < -0.3 is 32.5 Å². The normalized spacial score (nSPS) is 22.4. The summed E-state index contributed by atoms with van der Waals surface area (Å²) in [7, 11) is -2.26. The van der Waals surface area contributed by atoms with Crippen molar-refractivity contribution in [3.8, 4) is 5.75 Å². The Bertz CT molecular complexity index is 1360. The molecule has 2 aliphatic heterocycles. The summed E-state index contributed by atoms with van der Waals surface area (Å²) in [5.41, 5.74) is 3.77. The van der Waals surface area contributed by atoms with Crippen LogP contribution in [0.2, 0.25) is 34.8 Å². The Morgan fingerprint density at radius 3 is 2.18 bits per heavy atom. The minimum atomic E-state index is -2.18.